The van der Waals surface area contributed by atoms with Crippen molar-refractivity contribution in [3.63, 3.8) is 0 Å². The summed E-state index contributed by atoms with van der Waals surface area (Å²) < 4.78 is 0. The fourth-order valence-corrected chi connectivity index (χ4v) is 2.50. The number of hydrogen-bond acceptors (Lipinski definition) is 3. The molecule has 0 bridgehead atoms. The topological polar surface area (TPSA) is 44.4 Å². The van der Waals surface area contributed by atoms with Gasteiger partial charge in [0.05, 0.1) is 6.54 Å². The molecule has 0 saturated heterocycles. The molecule has 1 aromatic carbocycles. The van der Waals surface area contributed by atoms with Crippen LogP contribution in [0, 0.1) is 0 Å². The molecule has 0 fully saturated rings. The molecule has 0 saturated carbocycles. The third-order valence-electron chi connectivity index (χ3n) is 3.73. The Kier molecular flexibility index (Phi) is 4.88. The number of fused-ring (bicyclic) bond motifs is 1. The minimum absolute atomic E-state index is 0.0822. The first-order valence-electron chi connectivity index (χ1n) is 7.47. The molecule has 2 N–H and O–H groups in total. The van der Waals surface area contributed by atoms with Gasteiger partial charge in [-0.15, -0.1) is 0 Å². The summed E-state index contributed by atoms with van der Waals surface area (Å²) in [6.45, 7) is 5.42. The highest BCUT2D eigenvalue weighted by atomic mass is 16.2. The van der Waals surface area contributed by atoms with E-state index in [2.05, 4.69) is 42.7 Å². The maximum atomic E-state index is 11.8. The van der Waals surface area contributed by atoms with Gasteiger partial charge in [0.25, 0.3) is 0 Å². The van der Waals surface area contributed by atoms with Crippen molar-refractivity contribution in [2.45, 2.75) is 39.2 Å². The summed E-state index contributed by atoms with van der Waals surface area (Å²) in [5.74, 6) is 0.0822. The molecule has 1 aliphatic heterocycles. The van der Waals surface area contributed by atoms with Crippen molar-refractivity contribution in [1.29, 1.82) is 0 Å². The SMILES string of the molecule is CCCNC(=O)CN(C)c1ccc2c(c1)CCC(C)N2. The normalized spacial score (nSPS) is 17.1. The quantitative estimate of drug-likeness (QED) is 0.867. The van der Waals surface area contributed by atoms with Crippen LogP contribution in [-0.4, -0.2) is 32.1 Å². The molecule has 110 valence electrons. The van der Waals surface area contributed by atoms with Crippen LogP contribution in [-0.2, 0) is 11.2 Å². The molecule has 1 heterocycles. The molecule has 1 unspecified atom stereocenters. The number of aryl methyl sites for hydroxylation is 1. The molecule has 4 nitrogen and oxygen atoms in total. The summed E-state index contributed by atoms with van der Waals surface area (Å²) in [6.07, 6.45) is 3.24. The van der Waals surface area contributed by atoms with Crippen LogP contribution >= 0.6 is 0 Å². The molecule has 0 aliphatic carbocycles. The number of carbonyl (C=O) groups excluding carboxylic acids is 1. The van der Waals surface area contributed by atoms with Crippen molar-refractivity contribution >= 4 is 17.3 Å². The van der Waals surface area contributed by atoms with Gasteiger partial charge >= 0.3 is 0 Å². The molecule has 2 rings (SSSR count). The lowest BCUT2D eigenvalue weighted by atomic mass is 9.98. The zero-order valence-electron chi connectivity index (χ0n) is 12.7. The van der Waals surface area contributed by atoms with E-state index in [1.54, 1.807) is 0 Å². The zero-order valence-corrected chi connectivity index (χ0v) is 12.7. The van der Waals surface area contributed by atoms with E-state index >= 15 is 0 Å². The summed E-state index contributed by atoms with van der Waals surface area (Å²) in [6, 6.07) is 6.95. The van der Waals surface area contributed by atoms with Gasteiger partial charge in [-0.1, -0.05) is 6.92 Å². The largest absolute Gasteiger partial charge is 0.382 e. The molecular formula is C16H25N3O. The average molecular weight is 275 g/mol. The zero-order chi connectivity index (χ0) is 14.5. The van der Waals surface area contributed by atoms with Crippen molar-refractivity contribution in [3.8, 4) is 0 Å². The van der Waals surface area contributed by atoms with E-state index in [1.807, 2.05) is 11.9 Å². The predicted octanol–water partition coefficient (Wildman–Crippen LogP) is 2.40. The fourth-order valence-electron chi connectivity index (χ4n) is 2.50. The summed E-state index contributed by atoms with van der Waals surface area (Å²) >= 11 is 0. The summed E-state index contributed by atoms with van der Waals surface area (Å²) in [4.78, 5) is 13.8. The highest BCUT2D eigenvalue weighted by Crippen LogP contribution is 2.28. The maximum Gasteiger partial charge on any atom is 0.239 e. The number of benzene rings is 1. The van der Waals surface area contributed by atoms with Crippen LogP contribution < -0.4 is 15.5 Å². The number of anilines is 2. The van der Waals surface area contributed by atoms with Gasteiger partial charge in [0, 0.05) is 31.0 Å². The van der Waals surface area contributed by atoms with Crippen LogP contribution in [0.5, 0.6) is 0 Å². The third-order valence-corrected chi connectivity index (χ3v) is 3.73. The Morgan fingerprint density at radius 3 is 3.05 bits per heavy atom. The molecule has 0 spiro atoms. The minimum Gasteiger partial charge on any atom is -0.382 e. The Hall–Kier alpha value is -1.71. The minimum atomic E-state index is 0.0822. The van der Waals surface area contributed by atoms with Gasteiger partial charge in [0.1, 0.15) is 0 Å². The third kappa shape index (κ3) is 3.65. The first-order valence-corrected chi connectivity index (χ1v) is 7.47. The van der Waals surface area contributed by atoms with Crippen LogP contribution in [0.4, 0.5) is 11.4 Å². The number of hydrogen-bond donors (Lipinski definition) is 2. The Morgan fingerprint density at radius 1 is 1.50 bits per heavy atom. The Bertz CT molecular complexity index is 473. The van der Waals surface area contributed by atoms with Crippen molar-refractivity contribution in [1.82, 2.24) is 5.32 Å². The molecule has 0 radical (unpaired) electrons. The van der Waals surface area contributed by atoms with Crippen molar-refractivity contribution in [2.24, 2.45) is 0 Å². The Morgan fingerprint density at radius 2 is 2.30 bits per heavy atom. The fraction of sp³-hybridized carbons (Fsp3) is 0.562. The lowest BCUT2D eigenvalue weighted by Gasteiger charge is -2.26. The van der Waals surface area contributed by atoms with Crippen molar-refractivity contribution < 1.29 is 4.79 Å². The van der Waals surface area contributed by atoms with E-state index in [4.69, 9.17) is 0 Å². The van der Waals surface area contributed by atoms with E-state index in [0.717, 1.165) is 31.5 Å². The van der Waals surface area contributed by atoms with E-state index in [9.17, 15) is 4.79 Å². The first kappa shape index (κ1) is 14.7. The van der Waals surface area contributed by atoms with Crippen LogP contribution in [0.3, 0.4) is 0 Å². The monoisotopic (exact) mass is 275 g/mol. The highest BCUT2D eigenvalue weighted by molar-refractivity contribution is 5.81. The van der Waals surface area contributed by atoms with Gasteiger partial charge in [-0.25, -0.2) is 0 Å². The lowest BCUT2D eigenvalue weighted by molar-refractivity contribution is -0.119. The molecule has 0 aromatic heterocycles. The Balaban J connectivity index is 2.00. The van der Waals surface area contributed by atoms with E-state index in [0.29, 0.717) is 12.6 Å². The predicted molar refractivity (Wildman–Crippen MR) is 84.4 cm³/mol. The number of rotatable bonds is 5. The number of carbonyl (C=O) groups is 1. The number of nitrogens with one attached hydrogen (secondary N) is 2. The summed E-state index contributed by atoms with van der Waals surface area (Å²) in [7, 11) is 1.96. The van der Waals surface area contributed by atoms with Crippen LogP contribution in [0.1, 0.15) is 32.3 Å². The standard InChI is InChI=1S/C16H25N3O/c1-4-9-17-16(20)11-19(3)14-7-8-15-13(10-14)6-5-12(2)18-15/h7-8,10,12,18H,4-6,9,11H2,1-3H3,(H,17,20). The second-order valence-electron chi connectivity index (χ2n) is 5.63. The molecule has 4 heteroatoms. The molecule has 1 amide bonds. The van der Waals surface area contributed by atoms with Gasteiger partial charge in [-0.3, -0.25) is 4.79 Å². The molecule has 1 atom stereocenters. The number of nitrogens with zero attached hydrogens (tertiary/aromatic N) is 1. The molecule has 20 heavy (non-hydrogen) atoms. The van der Waals surface area contributed by atoms with Gasteiger partial charge in [-0.05, 0) is 49.9 Å². The highest BCUT2D eigenvalue weighted by Gasteiger charge is 2.15. The van der Waals surface area contributed by atoms with E-state index < -0.39 is 0 Å². The van der Waals surface area contributed by atoms with Gasteiger partial charge in [-0.2, -0.15) is 0 Å². The Labute approximate surface area is 121 Å². The van der Waals surface area contributed by atoms with E-state index in [-0.39, 0.29) is 5.91 Å². The number of likely N-dealkylation sites (N-methyl/N-ethyl adjacent to an activating group) is 1. The van der Waals surface area contributed by atoms with Gasteiger partial charge in [0.2, 0.25) is 5.91 Å². The van der Waals surface area contributed by atoms with Crippen LogP contribution in [0.2, 0.25) is 0 Å². The summed E-state index contributed by atoms with van der Waals surface area (Å²) in [5, 5.41) is 6.41. The second-order valence-corrected chi connectivity index (χ2v) is 5.63. The first-order chi connectivity index (χ1) is 9.60. The molecule has 1 aromatic rings. The van der Waals surface area contributed by atoms with E-state index in [1.165, 1.54) is 11.3 Å². The van der Waals surface area contributed by atoms with Crippen LogP contribution in [0.15, 0.2) is 18.2 Å². The van der Waals surface area contributed by atoms with Crippen LogP contribution in [0.25, 0.3) is 0 Å². The molecule has 1 aliphatic rings. The average Bonchev–Trinajstić information content (AvgIpc) is 2.44. The number of amides is 1. The van der Waals surface area contributed by atoms with Crippen molar-refractivity contribution in [3.05, 3.63) is 23.8 Å². The second kappa shape index (κ2) is 6.64. The maximum absolute atomic E-state index is 11.8. The van der Waals surface area contributed by atoms with Gasteiger partial charge < -0.3 is 15.5 Å². The lowest BCUT2D eigenvalue weighted by Crippen LogP contribution is -2.35. The van der Waals surface area contributed by atoms with Crippen molar-refractivity contribution in [2.75, 3.05) is 30.4 Å². The molecular weight excluding hydrogens is 250 g/mol. The smallest absolute Gasteiger partial charge is 0.239 e. The summed E-state index contributed by atoms with van der Waals surface area (Å²) in [5.41, 5.74) is 3.68. The van der Waals surface area contributed by atoms with Gasteiger partial charge in [0.15, 0.2) is 0 Å².